The first kappa shape index (κ1) is 6.96. The summed E-state index contributed by atoms with van der Waals surface area (Å²) in [6.07, 6.45) is 1.38. The van der Waals surface area contributed by atoms with Crippen LogP contribution in [0.5, 0.6) is 0 Å². The molecule has 0 aromatic heterocycles. The van der Waals surface area contributed by atoms with Gasteiger partial charge in [0.1, 0.15) is 0 Å². The lowest BCUT2D eigenvalue weighted by molar-refractivity contribution is 0.814. The van der Waals surface area contributed by atoms with Crippen molar-refractivity contribution in [2.45, 2.75) is 12.3 Å². The summed E-state index contributed by atoms with van der Waals surface area (Å²) in [5, 5.41) is 3.46. The number of hydrogen-bond donors (Lipinski definition) is 1. The van der Waals surface area contributed by atoms with Gasteiger partial charge in [0.05, 0.1) is 0 Å². The fourth-order valence-electron chi connectivity index (χ4n) is 2.14. The van der Waals surface area contributed by atoms with E-state index in [0.29, 0.717) is 0 Å². The summed E-state index contributed by atoms with van der Waals surface area (Å²) < 4.78 is 1.28. The van der Waals surface area contributed by atoms with Crippen molar-refractivity contribution in [1.82, 2.24) is 0 Å². The average Bonchev–Trinajstić information content (AvgIpc) is 2.82. The molecule has 1 aromatic rings. The molecule has 0 saturated heterocycles. The zero-order valence-electron chi connectivity index (χ0n) is 6.68. The zero-order valence-corrected chi connectivity index (χ0v) is 8.26. The van der Waals surface area contributed by atoms with Gasteiger partial charge < -0.3 is 5.32 Å². The summed E-state index contributed by atoms with van der Waals surface area (Å²) in [6, 6.07) is 6.41. The summed E-state index contributed by atoms with van der Waals surface area (Å²) in [5.74, 6) is 1.76. The van der Waals surface area contributed by atoms with Crippen LogP contribution in [0.4, 0.5) is 5.69 Å². The van der Waals surface area contributed by atoms with E-state index in [9.17, 15) is 0 Å². The number of hydrogen-bond acceptors (Lipinski definition) is 1. The summed E-state index contributed by atoms with van der Waals surface area (Å²) in [7, 11) is 0. The van der Waals surface area contributed by atoms with Crippen molar-refractivity contribution in [3.8, 4) is 0 Å². The molecule has 1 aliphatic heterocycles. The standard InChI is InChI=1S/C10H10BrN/c11-8-2-1-3-9-10(8)7-4-6(7)5-12-9/h1-3,6-7,12H,4-5H2/t6-,7-/m0/s1. The van der Waals surface area contributed by atoms with Crippen molar-refractivity contribution in [3.05, 3.63) is 28.2 Å². The quantitative estimate of drug-likeness (QED) is 0.714. The topological polar surface area (TPSA) is 12.0 Å². The average molecular weight is 224 g/mol. The van der Waals surface area contributed by atoms with Gasteiger partial charge >= 0.3 is 0 Å². The van der Waals surface area contributed by atoms with Gasteiger partial charge in [-0.3, -0.25) is 0 Å². The zero-order chi connectivity index (χ0) is 8.13. The molecule has 1 aliphatic carbocycles. The summed E-state index contributed by atoms with van der Waals surface area (Å²) in [6.45, 7) is 1.17. The molecule has 0 spiro atoms. The van der Waals surface area contributed by atoms with E-state index in [2.05, 4.69) is 39.4 Å². The Morgan fingerprint density at radius 2 is 2.33 bits per heavy atom. The fourth-order valence-corrected chi connectivity index (χ4v) is 2.80. The predicted molar refractivity (Wildman–Crippen MR) is 53.5 cm³/mol. The minimum absolute atomic E-state index is 0.844. The molecule has 1 N–H and O–H groups in total. The number of fused-ring (bicyclic) bond motifs is 3. The van der Waals surface area contributed by atoms with Gasteiger partial charge in [0, 0.05) is 16.7 Å². The second-order valence-electron chi connectivity index (χ2n) is 3.68. The molecule has 1 fully saturated rings. The normalized spacial score (nSPS) is 30.1. The Hall–Kier alpha value is -0.500. The monoisotopic (exact) mass is 223 g/mol. The van der Waals surface area contributed by atoms with Crippen LogP contribution in [0.2, 0.25) is 0 Å². The van der Waals surface area contributed by atoms with Crippen LogP contribution in [0.15, 0.2) is 22.7 Å². The van der Waals surface area contributed by atoms with Gasteiger partial charge in [-0.15, -0.1) is 0 Å². The number of nitrogens with one attached hydrogen (secondary N) is 1. The van der Waals surface area contributed by atoms with Crippen molar-refractivity contribution in [2.75, 3.05) is 11.9 Å². The van der Waals surface area contributed by atoms with E-state index in [1.807, 2.05) is 0 Å². The van der Waals surface area contributed by atoms with Crippen molar-refractivity contribution in [1.29, 1.82) is 0 Å². The number of benzene rings is 1. The highest BCUT2D eigenvalue weighted by atomic mass is 79.9. The first-order valence-corrected chi connectivity index (χ1v) is 5.18. The van der Waals surface area contributed by atoms with E-state index in [0.717, 1.165) is 11.8 Å². The summed E-state index contributed by atoms with van der Waals surface area (Å²) in [4.78, 5) is 0. The van der Waals surface area contributed by atoms with Gasteiger partial charge in [-0.1, -0.05) is 22.0 Å². The van der Waals surface area contributed by atoms with Crippen molar-refractivity contribution >= 4 is 21.6 Å². The minimum atomic E-state index is 0.844. The molecule has 1 nitrogen and oxygen atoms in total. The van der Waals surface area contributed by atoms with Crippen LogP contribution in [0.1, 0.15) is 17.9 Å². The van der Waals surface area contributed by atoms with Gasteiger partial charge in [0.2, 0.25) is 0 Å². The molecule has 0 amide bonds. The molecular formula is C10H10BrN. The van der Waals surface area contributed by atoms with Gasteiger partial charge in [0.15, 0.2) is 0 Å². The second-order valence-corrected chi connectivity index (χ2v) is 4.54. The Morgan fingerprint density at radius 1 is 1.42 bits per heavy atom. The molecule has 0 unspecified atom stereocenters. The van der Waals surface area contributed by atoms with Gasteiger partial charge in [-0.05, 0) is 36.0 Å². The highest BCUT2D eigenvalue weighted by molar-refractivity contribution is 9.10. The van der Waals surface area contributed by atoms with E-state index in [1.165, 1.54) is 28.7 Å². The Kier molecular flexibility index (Phi) is 1.31. The van der Waals surface area contributed by atoms with E-state index in [-0.39, 0.29) is 0 Å². The maximum atomic E-state index is 3.61. The maximum absolute atomic E-state index is 3.61. The molecule has 0 bridgehead atoms. The third-order valence-electron chi connectivity index (χ3n) is 2.90. The van der Waals surface area contributed by atoms with Crippen molar-refractivity contribution < 1.29 is 0 Å². The largest absolute Gasteiger partial charge is 0.384 e. The Balaban J connectivity index is 2.19. The number of anilines is 1. The Bertz CT molecular complexity index is 335. The van der Waals surface area contributed by atoms with E-state index < -0.39 is 0 Å². The van der Waals surface area contributed by atoms with Crippen LogP contribution in [0.3, 0.4) is 0 Å². The molecule has 2 heteroatoms. The molecule has 1 heterocycles. The number of rotatable bonds is 0. The molecule has 2 aliphatic rings. The van der Waals surface area contributed by atoms with Crippen LogP contribution in [-0.4, -0.2) is 6.54 Å². The van der Waals surface area contributed by atoms with Crippen LogP contribution in [0.25, 0.3) is 0 Å². The van der Waals surface area contributed by atoms with E-state index in [1.54, 1.807) is 0 Å². The van der Waals surface area contributed by atoms with E-state index in [4.69, 9.17) is 0 Å². The lowest BCUT2D eigenvalue weighted by atomic mass is 10.0. The Labute approximate surface area is 80.3 Å². The third-order valence-corrected chi connectivity index (χ3v) is 3.59. The minimum Gasteiger partial charge on any atom is -0.384 e. The van der Waals surface area contributed by atoms with Crippen molar-refractivity contribution in [2.24, 2.45) is 5.92 Å². The molecule has 2 atom stereocenters. The second kappa shape index (κ2) is 2.25. The smallest absolute Gasteiger partial charge is 0.0387 e. The predicted octanol–water partition coefficient (Wildman–Crippen LogP) is 2.98. The highest BCUT2D eigenvalue weighted by Crippen LogP contribution is 2.54. The molecular weight excluding hydrogens is 214 g/mol. The first-order chi connectivity index (χ1) is 5.86. The van der Waals surface area contributed by atoms with Crippen LogP contribution >= 0.6 is 15.9 Å². The molecule has 62 valence electrons. The van der Waals surface area contributed by atoms with Crippen molar-refractivity contribution in [3.63, 3.8) is 0 Å². The van der Waals surface area contributed by atoms with Gasteiger partial charge in [-0.25, -0.2) is 0 Å². The van der Waals surface area contributed by atoms with E-state index >= 15 is 0 Å². The molecule has 1 aromatic carbocycles. The van der Waals surface area contributed by atoms with Crippen LogP contribution in [0, 0.1) is 5.92 Å². The first-order valence-electron chi connectivity index (χ1n) is 4.38. The number of halogens is 1. The maximum Gasteiger partial charge on any atom is 0.0387 e. The summed E-state index contributed by atoms with van der Waals surface area (Å²) in [5.41, 5.74) is 2.84. The van der Waals surface area contributed by atoms with Crippen LogP contribution < -0.4 is 5.32 Å². The van der Waals surface area contributed by atoms with Gasteiger partial charge in [-0.2, -0.15) is 0 Å². The lowest BCUT2D eigenvalue weighted by Gasteiger charge is -2.18. The van der Waals surface area contributed by atoms with Gasteiger partial charge in [0.25, 0.3) is 0 Å². The summed E-state index contributed by atoms with van der Waals surface area (Å²) >= 11 is 3.61. The SMILES string of the molecule is Brc1cccc2c1[C@H]1C[C@H]1CN2. The molecule has 0 radical (unpaired) electrons. The highest BCUT2D eigenvalue weighted by Gasteiger charge is 2.43. The molecule has 1 saturated carbocycles. The molecule has 12 heavy (non-hydrogen) atoms. The third kappa shape index (κ3) is 0.845. The lowest BCUT2D eigenvalue weighted by Crippen LogP contribution is -2.11. The fraction of sp³-hybridized carbons (Fsp3) is 0.400. The Morgan fingerprint density at radius 3 is 3.25 bits per heavy atom. The molecule has 3 rings (SSSR count). The van der Waals surface area contributed by atoms with Crippen LogP contribution in [-0.2, 0) is 0 Å².